The van der Waals surface area contributed by atoms with Crippen molar-refractivity contribution in [2.75, 3.05) is 19.7 Å². The Labute approximate surface area is 120 Å². The van der Waals surface area contributed by atoms with Gasteiger partial charge in [-0.15, -0.1) is 0 Å². The summed E-state index contributed by atoms with van der Waals surface area (Å²) in [6.07, 6.45) is 2.12. The normalized spacial score (nSPS) is 21.4. The van der Waals surface area contributed by atoms with Gasteiger partial charge in [-0.3, -0.25) is 9.69 Å². The van der Waals surface area contributed by atoms with E-state index in [1.807, 2.05) is 37.3 Å². The first-order chi connectivity index (χ1) is 9.70. The van der Waals surface area contributed by atoms with Crippen molar-refractivity contribution in [3.63, 3.8) is 0 Å². The van der Waals surface area contributed by atoms with Crippen LogP contribution >= 0.6 is 0 Å². The lowest BCUT2D eigenvalue weighted by molar-refractivity contribution is -0.126. The van der Waals surface area contributed by atoms with Gasteiger partial charge in [-0.25, -0.2) is 0 Å². The number of benzene rings is 1. The zero-order valence-corrected chi connectivity index (χ0v) is 12.1. The topological polar surface area (TPSA) is 52.6 Å². The number of nitrogens with one attached hydrogen (secondary N) is 1. The van der Waals surface area contributed by atoms with Crippen LogP contribution in [-0.2, 0) is 11.3 Å². The Morgan fingerprint density at radius 3 is 2.90 bits per heavy atom. The second-order valence-electron chi connectivity index (χ2n) is 5.57. The van der Waals surface area contributed by atoms with Gasteiger partial charge in [-0.05, 0) is 37.8 Å². The standard InChI is InChI=1S/C16H24N2O2/c1-13(18-9-5-8-15(11-18)12-19)16(20)17-10-14-6-3-2-4-7-14/h2-4,6-7,13,15,19H,5,8-12H2,1H3,(H,17,20). The monoisotopic (exact) mass is 276 g/mol. The van der Waals surface area contributed by atoms with Gasteiger partial charge in [-0.2, -0.15) is 0 Å². The Kier molecular flexibility index (Phi) is 5.56. The van der Waals surface area contributed by atoms with Crippen LogP contribution in [-0.4, -0.2) is 41.7 Å². The van der Waals surface area contributed by atoms with Gasteiger partial charge in [0.05, 0.1) is 6.04 Å². The molecule has 0 aliphatic carbocycles. The molecule has 0 aromatic heterocycles. The number of piperidine rings is 1. The highest BCUT2D eigenvalue weighted by Crippen LogP contribution is 2.18. The molecule has 0 bridgehead atoms. The van der Waals surface area contributed by atoms with Crippen molar-refractivity contribution < 1.29 is 9.90 Å². The molecule has 1 aromatic carbocycles. The fourth-order valence-electron chi connectivity index (χ4n) is 2.70. The minimum atomic E-state index is -0.131. The molecular formula is C16H24N2O2. The van der Waals surface area contributed by atoms with Gasteiger partial charge in [0.1, 0.15) is 0 Å². The van der Waals surface area contributed by atoms with E-state index in [2.05, 4.69) is 10.2 Å². The molecule has 2 unspecified atom stereocenters. The predicted octanol–water partition coefficient (Wildman–Crippen LogP) is 1.40. The van der Waals surface area contributed by atoms with Crippen molar-refractivity contribution >= 4 is 5.91 Å². The van der Waals surface area contributed by atoms with Crippen LogP contribution in [0.3, 0.4) is 0 Å². The molecule has 1 aromatic rings. The maximum atomic E-state index is 12.2. The third-order valence-electron chi connectivity index (χ3n) is 4.05. The number of likely N-dealkylation sites (tertiary alicyclic amines) is 1. The molecule has 0 saturated carbocycles. The lowest BCUT2D eigenvalue weighted by Gasteiger charge is -2.35. The van der Waals surface area contributed by atoms with Crippen molar-refractivity contribution in [1.82, 2.24) is 10.2 Å². The fraction of sp³-hybridized carbons (Fsp3) is 0.562. The second kappa shape index (κ2) is 7.41. The third kappa shape index (κ3) is 4.05. The van der Waals surface area contributed by atoms with Crippen LogP contribution in [0.25, 0.3) is 0 Å². The number of hydrogen-bond donors (Lipinski definition) is 2. The van der Waals surface area contributed by atoms with Crippen LogP contribution in [0.15, 0.2) is 30.3 Å². The Hall–Kier alpha value is -1.39. The summed E-state index contributed by atoms with van der Waals surface area (Å²) in [6.45, 7) is 4.49. The van der Waals surface area contributed by atoms with Gasteiger partial charge < -0.3 is 10.4 Å². The van der Waals surface area contributed by atoms with Crippen molar-refractivity contribution in [2.24, 2.45) is 5.92 Å². The molecule has 1 amide bonds. The average molecular weight is 276 g/mol. The van der Waals surface area contributed by atoms with Gasteiger partial charge in [0.15, 0.2) is 0 Å². The van der Waals surface area contributed by atoms with E-state index >= 15 is 0 Å². The van der Waals surface area contributed by atoms with Gasteiger partial charge >= 0.3 is 0 Å². The van der Waals surface area contributed by atoms with Crippen LogP contribution in [0.4, 0.5) is 0 Å². The molecule has 1 saturated heterocycles. The number of aliphatic hydroxyl groups is 1. The summed E-state index contributed by atoms with van der Waals surface area (Å²) < 4.78 is 0. The van der Waals surface area contributed by atoms with E-state index in [4.69, 9.17) is 0 Å². The molecule has 1 heterocycles. The highest BCUT2D eigenvalue weighted by atomic mass is 16.3. The van der Waals surface area contributed by atoms with Crippen molar-refractivity contribution in [2.45, 2.75) is 32.4 Å². The summed E-state index contributed by atoms with van der Waals surface area (Å²) in [5.74, 6) is 0.376. The van der Waals surface area contributed by atoms with Crippen LogP contribution in [0, 0.1) is 5.92 Å². The van der Waals surface area contributed by atoms with E-state index < -0.39 is 0 Å². The first kappa shape index (κ1) is 15.0. The predicted molar refractivity (Wildman–Crippen MR) is 79.1 cm³/mol. The summed E-state index contributed by atoms with van der Waals surface area (Å²) in [4.78, 5) is 14.4. The summed E-state index contributed by atoms with van der Waals surface area (Å²) in [5, 5.41) is 12.2. The molecular weight excluding hydrogens is 252 g/mol. The van der Waals surface area contributed by atoms with E-state index in [1.54, 1.807) is 0 Å². The summed E-state index contributed by atoms with van der Waals surface area (Å²) >= 11 is 0. The smallest absolute Gasteiger partial charge is 0.237 e. The molecule has 0 spiro atoms. The minimum absolute atomic E-state index is 0.0624. The summed E-state index contributed by atoms with van der Waals surface area (Å²) in [5.41, 5.74) is 1.11. The fourth-order valence-corrected chi connectivity index (χ4v) is 2.70. The molecule has 2 atom stereocenters. The van der Waals surface area contributed by atoms with E-state index in [0.29, 0.717) is 12.5 Å². The quantitative estimate of drug-likeness (QED) is 0.854. The summed E-state index contributed by atoms with van der Waals surface area (Å²) in [7, 11) is 0. The van der Waals surface area contributed by atoms with Gasteiger partial charge in [0.2, 0.25) is 5.91 Å². The third-order valence-corrected chi connectivity index (χ3v) is 4.05. The molecule has 0 radical (unpaired) electrons. The lowest BCUT2D eigenvalue weighted by atomic mass is 9.97. The van der Waals surface area contributed by atoms with Crippen LogP contribution < -0.4 is 5.32 Å². The highest BCUT2D eigenvalue weighted by molar-refractivity contribution is 5.81. The molecule has 110 valence electrons. The molecule has 1 fully saturated rings. The molecule has 2 rings (SSSR count). The van der Waals surface area contributed by atoms with Gasteiger partial charge in [0, 0.05) is 19.7 Å². The number of aliphatic hydroxyl groups excluding tert-OH is 1. The Morgan fingerprint density at radius 1 is 1.45 bits per heavy atom. The first-order valence-electron chi connectivity index (χ1n) is 7.37. The van der Waals surface area contributed by atoms with Crippen LogP contribution in [0.2, 0.25) is 0 Å². The number of hydrogen-bond acceptors (Lipinski definition) is 3. The van der Waals surface area contributed by atoms with Crippen molar-refractivity contribution in [1.29, 1.82) is 0 Å². The van der Waals surface area contributed by atoms with Crippen LogP contribution in [0.1, 0.15) is 25.3 Å². The lowest BCUT2D eigenvalue weighted by Crippen LogP contribution is -2.49. The zero-order chi connectivity index (χ0) is 14.4. The number of nitrogens with zero attached hydrogens (tertiary/aromatic N) is 1. The molecule has 2 N–H and O–H groups in total. The molecule has 1 aliphatic heterocycles. The van der Waals surface area contributed by atoms with Crippen molar-refractivity contribution in [3.8, 4) is 0 Å². The largest absolute Gasteiger partial charge is 0.396 e. The summed E-state index contributed by atoms with van der Waals surface area (Å²) in [6, 6.07) is 9.80. The minimum Gasteiger partial charge on any atom is -0.396 e. The maximum absolute atomic E-state index is 12.2. The maximum Gasteiger partial charge on any atom is 0.237 e. The Bertz CT molecular complexity index is 422. The van der Waals surface area contributed by atoms with E-state index in [1.165, 1.54) is 0 Å². The first-order valence-corrected chi connectivity index (χ1v) is 7.37. The average Bonchev–Trinajstić information content (AvgIpc) is 2.53. The van der Waals surface area contributed by atoms with Crippen LogP contribution in [0.5, 0.6) is 0 Å². The van der Waals surface area contributed by atoms with Crippen molar-refractivity contribution in [3.05, 3.63) is 35.9 Å². The van der Waals surface area contributed by atoms with E-state index in [-0.39, 0.29) is 18.6 Å². The molecule has 20 heavy (non-hydrogen) atoms. The Balaban J connectivity index is 1.82. The van der Waals surface area contributed by atoms with Gasteiger partial charge in [0.25, 0.3) is 0 Å². The molecule has 1 aliphatic rings. The van der Waals surface area contributed by atoms with E-state index in [0.717, 1.165) is 31.5 Å². The SMILES string of the molecule is CC(C(=O)NCc1ccccc1)N1CCCC(CO)C1. The zero-order valence-electron chi connectivity index (χ0n) is 12.1. The number of carbonyl (C=O) groups is 1. The molecule has 4 nitrogen and oxygen atoms in total. The number of rotatable bonds is 5. The van der Waals surface area contributed by atoms with Gasteiger partial charge in [-0.1, -0.05) is 30.3 Å². The number of amides is 1. The number of carbonyl (C=O) groups excluding carboxylic acids is 1. The highest BCUT2D eigenvalue weighted by Gasteiger charge is 2.26. The Morgan fingerprint density at radius 2 is 2.20 bits per heavy atom. The van der Waals surface area contributed by atoms with E-state index in [9.17, 15) is 9.90 Å². The molecule has 4 heteroatoms. The second-order valence-corrected chi connectivity index (χ2v) is 5.57.